The van der Waals surface area contributed by atoms with Gasteiger partial charge in [-0.25, -0.2) is 4.98 Å². The SMILES string of the molecule is C[C@H](CO)N1C[C@H](C)[C@H](CN(C)C(=O)c2ccccc2)Oc2ncc(Br)cc2C1=O. The van der Waals surface area contributed by atoms with Gasteiger partial charge in [0.1, 0.15) is 11.7 Å². The summed E-state index contributed by atoms with van der Waals surface area (Å²) < 4.78 is 6.82. The Bertz CT molecular complexity index is 909. The average molecular weight is 476 g/mol. The molecule has 0 spiro atoms. The van der Waals surface area contributed by atoms with Crippen LogP contribution in [0, 0.1) is 5.92 Å². The number of benzene rings is 1. The highest BCUT2D eigenvalue weighted by atomic mass is 79.9. The number of ether oxygens (including phenoxy) is 1. The molecule has 8 heteroatoms. The number of hydrogen-bond donors (Lipinski definition) is 1. The molecular formula is C22H26BrN3O4. The number of likely N-dealkylation sites (N-methyl/N-ethyl adjacent to an activating group) is 1. The van der Waals surface area contributed by atoms with Crippen molar-refractivity contribution < 1.29 is 19.4 Å². The topological polar surface area (TPSA) is 83.0 Å². The van der Waals surface area contributed by atoms with E-state index in [0.29, 0.717) is 28.7 Å². The second-order valence-electron chi connectivity index (χ2n) is 7.68. The lowest BCUT2D eigenvalue weighted by Crippen LogP contribution is -2.50. The minimum Gasteiger partial charge on any atom is -0.472 e. The lowest BCUT2D eigenvalue weighted by molar-refractivity contribution is 0.0313. The van der Waals surface area contributed by atoms with Crippen LogP contribution in [0.3, 0.4) is 0 Å². The van der Waals surface area contributed by atoms with Crippen LogP contribution in [0.2, 0.25) is 0 Å². The number of aromatic nitrogens is 1. The Kier molecular flexibility index (Phi) is 7.10. The fourth-order valence-corrected chi connectivity index (χ4v) is 3.78. The normalized spacial score (nSPS) is 19.9. The van der Waals surface area contributed by atoms with Crippen molar-refractivity contribution in [3.05, 3.63) is 58.2 Å². The van der Waals surface area contributed by atoms with E-state index in [1.807, 2.05) is 25.1 Å². The summed E-state index contributed by atoms with van der Waals surface area (Å²) in [6.45, 7) is 4.36. The zero-order valence-corrected chi connectivity index (χ0v) is 18.9. The summed E-state index contributed by atoms with van der Waals surface area (Å²) in [5.41, 5.74) is 0.935. The highest BCUT2D eigenvalue weighted by molar-refractivity contribution is 9.10. The summed E-state index contributed by atoms with van der Waals surface area (Å²) in [6, 6.07) is 10.4. The van der Waals surface area contributed by atoms with Crippen LogP contribution in [-0.2, 0) is 0 Å². The Morgan fingerprint density at radius 2 is 2.10 bits per heavy atom. The zero-order chi connectivity index (χ0) is 21.8. The molecule has 0 aliphatic carbocycles. The summed E-state index contributed by atoms with van der Waals surface area (Å²) in [6.07, 6.45) is 1.20. The largest absolute Gasteiger partial charge is 0.472 e. The lowest BCUT2D eigenvalue weighted by Gasteiger charge is -2.37. The van der Waals surface area contributed by atoms with Crippen molar-refractivity contribution in [2.45, 2.75) is 26.0 Å². The third kappa shape index (κ3) is 4.82. The fourth-order valence-electron chi connectivity index (χ4n) is 3.45. The third-order valence-electron chi connectivity index (χ3n) is 5.31. The number of halogens is 1. The second kappa shape index (κ2) is 9.57. The number of fused-ring (bicyclic) bond motifs is 1. The number of rotatable bonds is 5. The molecule has 160 valence electrons. The molecule has 2 amide bonds. The number of aliphatic hydroxyl groups is 1. The van der Waals surface area contributed by atoms with E-state index in [4.69, 9.17) is 4.74 Å². The molecule has 0 fully saturated rings. The van der Waals surface area contributed by atoms with Crippen molar-refractivity contribution in [3.8, 4) is 5.88 Å². The molecule has 0 radical (unpaired) electrons. The van der Waals surface area contributed by atoms with Crippen molar-refractivity contribution >= 4 is 27.7 Å². The smallest absolute Gasteiger partial charge is 0.259 e. The molecule has 1 aliphatic heterocycles. The molecule has 0 saturated heterocycles. The first-order chi connectivity index (χ1) is 14.3. The second-order valence-corrected chi connectivity index (χ2v) is 8.60. The van der Waals surface area contributed by atoms with E-state index >= 15 is 0 Å². The van der Waals surface area contributed by atoms with Crippen molar-refractivity contribution in [3.63, 3.8) is 0 Å². The molecule has 1 aromatic heterocycles. The maximum atomic E-state index is 13.1. The van der Waals surface area contributed by atoms with Crippen LogP contribution in [0.5, 0.6) is 5.88 Å². The number of aliphatic hydroxyl groups excluding tert-OH is 1. The van der Waals surface area contributed by atoms with Gasteiger partial charge in [0.15, 0.2) is 0 Å². The van der Waals surface area contributed by atoms with Crippen LogP contribution in [-0.4, -0.2) is 70.6 Å². The predicted octanol–water partition coefficient (Wildman–Crippen LogP) is 2.84. The first-order valence-corrected chi connectivity index (χ1v) is 10.7. The quantitative estimate of drug-likeness (QED) is 0.718. The first-order valence-electron chi connectivity index (χ1n) is 9.86. The molecule has 3 atom stereocenters. The summed E-state index contributed by atoms with van der Waals surface area (Å²) in [7, 11) is 1.74. The molecule has 0 bridgehead atoms. The number of carbonyl (C=O) groups excluding carboxylic acids is 2. The molecule has 30 heavy (non-hydrogen) atoms. The van der Waals surface area contributed by atoms with E-state index in [0.717, 1.165) is 0 Å². The third-order valence-corrected chi connectivity index (χ3v) is 5.74. The monoisotopic (exact) mass is 475 g/mol. The number of pyridine rings is 1. The van der Waals surface area contributed by atoms with E-state index < -0.39 is 0 Å². The van der Waals surface area contributed by atoms with E-state index in [1.54, 1.807) is 48.2 Å². The van der Waals surface area contributed by atoms with Crippen LogP contribution in [0.1, 0.15) is 34.6 Å². The predicted molar refractivity (Wildman–Crippen MR) is 117 cm³/mol. The highest BCUT2D eigenvalue weighted by Gasteiger charge is 2.34. The number of nitrogens with zero attached hydrogens (tertiary/aromatic N) is 3. The van der Waals surface area contributed by atoms with Gasteiger partial charge in [0, 0.05) is 35.7 Å². The van der Waals surface area contributed by atoms with Gasteiger partial charge < -0.3 is 19.6 Å². The van der Waals surface area contributed by atoms with Gasteiger partial charge in [-0.15, -0.1) is 0 Å². The van der Waals surface area contributed by atoms with E-state index in [1.165, 1.54) is 0 Å². The fraction of sp³-hybridized carbons (Fsp3) is 0.409. The number of hydrogen-bond acceptors (Lipinski definition) is 5. The van der Waals surface area contributed by atoms with Gasteiger partial charge in [-0.3, -0.25) is 9.59 Å². The molecule has 1 aliphatic rings. The maximum Gasteiger partial charge on any atom is 0.259 e. The molecule has 0 unspecified atom stereocenters. The van der Waals surface area contributed by atoms with E-state index in [9.17, 15) is 14.7 Å². The maximum absolute atomic E-state index is 13.1. The minimum absolute atomic E-state index is 0.0902. The number of amides is 2. The molecule has 2 aromatic rings. The van der Waals surface area contributed by atoms with Crippen LogP contribution in [0.15, 0.2) is 47.1 Å². The van der Waals surface area contributed by atoms with Crippen molar-refractivity contribution in [2.75, 3.05) is 26.7 Å². The Hall–Kier alpha value is -2.45. The molecule has 1 aromatic carbocycles. The van der Waals surface area contributed by atoms with E-state index in [-0.39, 0.29) is 42.4 Å². The van der Waals surface area contributed by atoms with E-state index in [2.05, 4.69) is 20.9 Å². The summed E-state index contributed by atoms with van der Waals surface area (Å²) in [5.74, 6) is -0.198. The van der Waals surface area contributed by atoms with Crippen LogP contribution in [0.4, 0.5) is 0 Å². The lowest BCUT2D eigenvalue weighted by atomic mass is 10.00. The molecule has 3 rings (SSSR count). The Labute approximate surface area is 184 Å². The Morgan fingerprint density at radius 3 is 2.77 bits per heavy atom. The van der Waals surface area contributed by atoms with Crippen molar-refractivity contribution in [1.82, 2.24) is 14.8 Å². The average Bonchev–Trinajstić information content (AvgIpc) is 2.76. The molecular weight excluding hydrogens is 450 g/mol. The summed E-state index contributed by atoms with van der Waals surface area (Å²) >= 11 is 3.36. The summed E-state index contributed by atoms with van der Waals surface area (Å²) in [4.78, 5) is 33.5. The Morgan fingerprint density at radius 1 is 1.40 bits per heavy atom. The van der Waals surface area contributed by atoms with Crippen molar-refractivity contribution in [1.29, 1.82) is 0 Å². The van der Waals surface area contributed by atoms with Crippen LogP contribution < -0.4 is 4.74 Å². The first kappa shape index (κ1) is 22.2. The van der Waals surface area contributed by atoms with Crippen LogP contribution in [0.25, 0.3) is 0 Å². The van der Waals surface area contributed by atoms with Gasteiger partial charge in [-0.1, -0.05) is 25.1 Å². The molecule has 1 N–H and O–H groups in total. The Balaban J connectivity index is 1.90. The minimum atomic E-state index is -0.378. The highest BCUT2D eigenvalue weighted by Crippen LogP contribution is 2.28. The number of carbonyl (C=O) groups is 2. The molecule has 7 nitrogen and oxygen atoms in total. The zero-order valence-electron chi connectivity index (χ0n) is 17.3. The molecule has 2 heterocycles. The van der Waals surface area contributed by atoms with Crippen LogP contribution >= 0.6 is 15.9 Å². The van der Waals surface area contributed by atoms with Gasteiger partial charge in [-0.2, -0.15) is 0 Å². The van der Waals surface area contributed by atoms with Gasteiger partial charge in [0.05, 0.1) is 19.2 Å². The van der Waals surface area contributed by atoms with Crippen molar-refractivity contribution in [2.24, 2.45) is 5.92 Å². The van der Waals surface area contributed by atoms with Gasteiger partial charge in [0.25, 0.3) is 11.8 Å². The van der Waals surface area contributed by atoms with Gasteiger partial charge >= 0.3 is 0 Å². The van der Waals surface area contributed by atoms with Gasteiger partial charge in [0.2, 0.25) is 5.88 Å². The standard InChI is InChI=1S/C22H26BrN3O4/c1-14-11-26(15(2)13-27)22(29)18-9-17(23)10-24-20(18)30-19(14)12-25(3)21(28)16-7-5-4-6-8-16/h4-10,14-15,19,27H,11-13H2,1-3H3/t14-,15+,19-/m0/s1. The van der Waals surface area contributed by atoms with Gasteiger partial charge in [-0.05, 0) is 41.1 Å². The molecule has 0 saturated carbocycles. The summed E-state index contributed by atoms with van der Waals surface area (Å²) in [5, 5.41) is 9.66.